The van der Waals surface area contributed by atoms with Crippen LogP contribution in [0.3, 0.4) is 0 Å². The Balaban J connectivity index is 1.60. The normalized spacial score (nSPS) is 17.1. The van der Waals surface area contributed by atoms with E-state index in [1.807, 2.05) is 26.8 Å². The summed E-state index contributed by atoms with van der Waals surface area (Å²) in [5.41, 5.74) is 2.01. The van der Waals surface area contributed by atoms with Gasteiger partial charge in [0.15, 0.2) is 0 Å². The van der Waals surface area contributed by atoms with Crippen molar-refractivity contribution in [2.75, 3.05) is 26.2 Å². The zero-order chi connectivity index (χ0) is 19.6. The second-order valence-electron chi connectivity index (χ2n) is 6.96. The van der Waals surface area contributed by atoms with Crippen molar-refractivity contribution in [3.63, 3.8) is 0 Å². The zero-order valence-corrected chi connectivity index (χ0v) is 16.7. The van der Waals surface area contributed by atoms with Crippen LogP contribution in [0.4, 0.5) is 0 Å². The number of rotatable bonds is 5. The lowest BCUT2D eigenvalue weighted by Gasteiger charge is -2.34. The number of hydrogen-bond acceptors (Lipinski definition) is 5. The summed E-state index contributed by atoms with van der Waals surface area (Å²) in [7, 11) is -3.54. The van der Waals surface area contributed by atoms with Gasteiger partial charge in [0, 0.05) is 32.6 Å². The van der Waals surface area contributed by atoms with Crippen molar-refractivity contribution < 1.29 is 13.2 Å². The van der Waals surface area contributed by atoms with Crippen molar-refractivity contribution in [1.29, 1.82) is 0 Å². The van der Waals surface area contributed by atoms with E-state index in [0.717, 1.165) is 11.1 Å². The number of carbonyl (C=O) groups excluding carboxylic acids is 1. The second kappa shape index (κ2) is 7.77. The minimum atomic E-state index is -3.54. The molecule has 146 valence electrons. The monoisotopic (exact) mass is 391 g/mol. The number of piperazine rings is 1. The van der Waals surface area contributed by atoms with E-state index in [4.69, 9.17) is 0 Å². The first-order chi connectivity index (χ1) is 12.8. The molecule has 3 rings (SSSR count). The summed E-state index contributed by atoms with van der Waals surface area (Å²) in [5.74, 6) is 0.00114. The van der Waals surface area contributed by atoms with Gasteiger partial charge in [0.25, 0.3) is 0 Å². The van der Waals surface area contributed by atoms with E-state index in [0.29, 0.717) is 37.5 Å². The van der Waals surface area contributed by atoms with Gasteiger partial charge in [0.2, 0.25) is 15.9 Å². The van der Waals surface area contributed by atoms with Crippen LogP contribution in [0.5, 0.6) is 0 Å². The number of aromatic nitrogens is 3. The summed E-state index contributed by atoms with van der Waals surface area (Å²) in [6.45, 7) is 7.17. The lowest BCUT2D eigenvalue weighted by molar-refractivity contribution is -0.133. The van der Waals surface area contributed by atoms with Crippen molar-refractivity contribution in [1.82, 2.24) is 24.0 Å². The van der Waals surface area contributed by atoms with Gasteiger partial charge in [-0.05, 0) is 44.0 Å². The first kappa shape index (κ1) is 19.5. The van der Waals surface area contributed by atoms with Gasteiger partial charge in [-0.2, -0.15) is 9.40 Å². The topological polar surface area (TPSA) is 88.4 Å². The Bertz CT molecular complexity index is 903. The van der Waals surface area contributed by atoms with Gasteiger partial charge in [-0.1, -0.05) is 6.07 Å². The molecular formula is C18H25N5O3S. The van der Waals surface area contributed by atoms with Crippen molar-refractivity contribution >= 4 is 15.9 Å². The zero-order valence-electron chi connectivity index (χ0n) is 15.9. The molecule has 1 atom stereocenters. The molecule has 0 N–H and O–H groups in total. The van der Waals surface area contributed by atoms with Crippen LogP contribution in [0.1, 0.15) is 30.5 Å². The molecule has 1 aromatic heterocycles. The Morgan fingerprint density at radius 3 is 2.44 bits per heavy atom. The van der Waals surface area contributed by atoms with Crippen molar-refractivity contribution in [2.45, 2.75) is 38.1 Å². The summed E-state index contributed by atoms with van der Waals surface area (Å²) in [6, 6.07) is 5.10. The number of amides is 1. The molecule has 2 aromatic rings. The predicted molar refractivity (Wildman–Crippen MR) is 101 cm³/mol. The third-order valence-corrected chi connectivity index (χ3v) is 6.96. The van der Waals surface area contributed by atoms with Crippen molar-refractivity contribution in [3.05, 3.63) is 42.0 Å². The summed E-state index contributed by atoms with van der Waals surface area (Å²) in [5, 5.41) is 4.05. The molecule has 0 unspecified atom stereocenters. The molecule has 8 nitrogen and oxygen atoms in total. The molecule has 9 heteroatoms. The van der Waals surface area contributed by atoms with Gasteiger partial charge in [0.05, 0.1) is 10.9 Å². The average molecular weight is 391 g/mol. The number of nitrogens with zero attached hydrogens (tertiary/aromatic N) is 5. The van der Waals surface area contributed by atoms with Crippen LogP contribution in [0, 0.1) is 13.8 Å². The fraction of sp³-hybridized carbons (Fsp3) is 0.500. The lowest BCUT2D eigenvalue weighted by atomic mass is 10.1. The van der Waals surface area contributed by atoms with Crippen LogP contribution >= 0.6 is 0 Å². The van der Waals surface area contributed by atoms with Crippen LogP contribution < -0.4 is 0 Å². The Hall–Kier alpha value is -2.26. The summed E-state index contributed by atoms with van der Waals surface area (Å²) in [6.07, 6.45) is 3.34. The third kappa shape index (κ3) is 4.19. The minimum Gasteiger partial charge on any atom is -0.340 e. The van der Waals surface area contributed by atoms with E-state index in [1.54, 1.807) is 28.0 Å². The maximum Gasteiger partial charge on any atom is 0.243 e. The number of hydrogen-bond donors (Lipinski definition) is 0. The Morgan fingerprint density at radius 2 is 1.85 bits per heavy atom. The van der Waals surface area contributed by atoms with E-state index in [1.165, 1.54) is 10.6 Å². The van der Waals surface area contributed by atoms with Gasteiger partial charge in [-0.15, -0.1) is 0 Å². The molecule has 0 aliphatic carbocycles. The molecular weight excluding hydrogens is 366 g/mol. The van der Waals surface area contributed by atoms with E-state index >= 15 is 0 Å². The Morgan fingerprint density at radius 1 is 1.15 bits per heavy atom. The number of aryl methyl sites for hydroxylation is 2. The first-order valence-corrected chi connectivity index (χ1v) is 10.4. The number of carbonyl (C=O) groups is 1. The molecule has 0 spiro atoms. The molecule has 1 aliphatic rings. The summed E-state index contributed by atoms with van der Waals surface area (Å²) in [4.78, 5) is 18.4. The standard InChI is InChI=1S/C18H25N5O3S/c1-14-4-5-17(10-15(14)2)27(25,26)22-8-6-21(7-9-22)18(24)11-16(3)23-13-19-12-20-23/h4-5,10,12-13,16H,6-9,11H2,1-3H3/t16-/m1/s1. The van der Waals surface area contributed by atoms with Crippen LogP contribution in [0.25, 0.3) is 0 Å². The van der Waals surface area contributed by atoms with Crippen LogP contribution in [0.15, 0.2) is 35.7 Å². The Kier molecular flexibility index (Phi) is 5.61. The van der Waals surface area contributed by atoms with E-state index in [9.17, 15) is 13.2 Å². The maximum atomic E-state index is 12.9. The molecule has 27 heavy (non-hydrogen) atoms. The maximum absolute atomic E-state index is 12.9. The highest BCUT2D eigenvalue weighted by Gasteiger charge is 2.30. The first-order valence-electron chi connectivity index (χ1n) is 8.98. The fourth-order valence-corrected chi connectivity index (χ4v) is 4.63. The lowest BCUT2D eigenvalue weighted by Crippen LogP contribution is -2.50. The highest BCUT2D eigenvalue weighted by molar-refractivity contribution is 7.89. The number of benzene rings is 1. The van der Waals surface area contributed by atoms with E-state index in [2.05, 4.69) is 10.1 Å². The average Bonchev–Trinajstić information content (AvgIpc) is 3.19. The summed E-state index contributed by atoms with van der Waals surface area (Å²) < 4.78 is 28.8. The van der Waals surface area contributed by atoms with Gasteiger partial charge < -0.3 is 4.90 Å². The molecule has 2 heterocycles. The fourth-order valence-electron chi connectivity index (χ4n) is 3.12. The molecule has 1 amide bonds. The van der Waals surface area contributed by atoms with E-state index in [-0.39, 0.29) is 11.9 Å². The van der Waals surface area contributed by atoms with Crippen LogP contribution in [-0.2, 0) is 14.8 Å². The molecule has 1 aromatic carbocycles. The van der Waals surface area contributed by atoms with Gasteiger partial charge in [-0.3, -0.25) is 4.79 Å². The molecule has 0 radical (unpaired) electrons. The molecule has 1 aliphatic heterocycles. The van der Waals surface area contributed by atoms with Gasteiger partial charge in [-0.25, -0.2) is 18.1 Å². The van der Waals surface area contributed by atoms with E-state index < -0.39 is 10.0 Å². The molecule has 0 bridgehead atoms. The van der Waals surface area contributed by atoms with Crippen LogP contribution in [0.2, 0.25) is 0 Å². The quantitative estimate of drug-likeness (QED) is 0.768. The number of sulfonamides is 1. The van der Waals surface area contributed by atoms with Crippen LogP contribution in [-0.4, -0.2) is 64.5 Å². The van der Waals surface area contributed by atoms with Crippen molar-refractivity contribution in [3.8, 4) is 0 Å². The molecule has 0 saturated carbocycles. The second-order valence-corrected chi connectivity index (χ2v) is 8.90. The predicted octanol–water partition coefficient (Wildman–Crippen LogP) is 1.38. The molecule has 1 fully saturated rings. The highest BCUT2D eigenvalue weighted by atomic mass is 32.2. The highest BCUT2D eigenvalue weighted by Crippen LogP contribution is 2.21. The molecule has 1 saturated heterocycles. The largest absolute Gasteiger partial charge is 0.340 e. The van der Waals surface area contributed by atoms with Crippen molar-refractivity contribution in [2.24, 2.45) is 0 Å². The SMILES string of the molecule is Cc1ccc(S(=O)(=O)N2CCN(C(=O)C[C@@H](C)n3cncn3)CC2)cc1C. The minimum absolute atomic E-state index is 0.00114. The summed E-state index contributed by atoms with van der Waals surface area (Å²) >= 11 is 0. The third-order valence-electron chi connectivity index (χ3n) is 5.07. The van der Waals surface area contributed by atoms with Gasteiger partial charge >= 0.3 is 0 Å². The van der Waals surface area contributed by atoms with Gasteiger partial charge in [0.1, 0.15) is 12.7 Å². The Labute approximate surface area is 159 Å². The smallest absolute Gasteiger partial charge is 0.243 e.